The molecule has 0 atom stereocenters. The quantitative estimate of drug-likeness (QED) is 0.695. The molecule has 0 spiro atoms. The lowest BCUT2D eigenvalue weighted by Gasteiger charge is -2.00. The Morgan fingerprint density at radius 1 is 1.45 bits per heavy atom. The first-order valence-corrected chi connectivity index (χ1v) is 3.94. The van der Waals surface area contributed by atoms with E-state index in [1.54, 1.807) is 0 Å². The fourth-order valence-electron chi connectivity index (χ4n) is 1.11. The van der Waals surface area contributed by atoms with E-state index in [4.69, 9.17) is 17.3 Å². The second kappa shape index (κ2) is 2.34. The van der Waals surface area contributed by atoms with Crippen molar-refractivity contribution in [1.29, 1.82) is 0 Å². The number of hydrogen-bond donors (Lipinski definition) is 1. The average Bonchev–Trinajstić information content (AvgIpc) is 2.76. The zero-order chi connectivity index (χ0) is 7.84. The lowest BCUT2D eigenvalue weighted by molar-refractivity contribution is 0.992. The van der Waals surface area contributed by atoms with Crippen LogP contribution >= 0.6 is 11.6 Å². The highest BCUT2D eigenvalue weighted by atomic mass is 35.5. The second-order valence-electron chi connectivity index (χ2n) is 2.78. The van der Waals surface area contributed by atoms with Gasteiger partial charge in [0.1, 0.15) is 5.82 Å². The van der Waals surface area contributed by atoms with E-state index in [1.807, 2.05) is 6.07 Å². The molecule has 0 amide bonds. The van der Waals surface area contributed by atoms with Gasteiger partial charge in [0.15, 0.2) is 5.15 Å². The van der Waals surface area contributed by atoms with Gasteiger partial charge in [0.25, 0.3) is 0 Å². The van der Waals surface area contributed by atoms with E-state index < -0.39 is 0 Å². The Kier molecular flexibility index (Phi) is 1.46. The molecule has 58 valence electrons. The van der Waals surface area contributed by atoms with Gasteiger partial charge in [0.2, 0.25) is 0 Å². The molecule has 3 nitrogen and oxygen atoms in total. The minimum absolute atomic E-state index is 0.432. The number of nitrogen functional groups attached to an aromatic ring is 1. The summed E-state index contributed by atoms with van der Waals surface area (Å²) in [5.74, 6) is 1.11. The van der Waals surface area contributed by atoms with Gasteiger partial charge >= 0.3 is 0 Å². The van der Waals surface area contributed by atoms with Crippen molar-refractivity contribution in [3.05, 3.63) is 16.8 Å². The number of anilines is 1. The maximum atomic E-state index is 5.66. The third kappa shape index (κ3) is 1.28. The maximum Gasteiger partial charge on any atom is 0.152 e. The van der Waals surface area contributed by atoms with Crippen molar-refractivity contribution in [1.82, 2.24) is 10.2 Å². The lowest BCUT2D eigenvalue weighted by atomic mass is 10.2. The lowest BCUT2D eigenvalue weighted by Crippen LogP contribution is -1.98. The van der Waals surface area contributed by atoms with Crippen molar-refractivity contribution in [2.45, 2.75) is 18.8 Å². The van der Waals surface area contributed by atoms with Crippen LogP contribution in [0.25, 0.3) is 0 Å². The Balaban J connectivity index is 2.42. The molecule has 1 aliphatic carbocycles. The van der Waals surface area contributed by atoms with Gasteiger partial charge in [-0.2, -0.15) is 0 Å². The monoisotopic (exact) mass is 169 g/mol. The zero-order valence-electron chi connectivity index (χ0n) is 5.92. The van der Waals surface area contributed by atoms with E-state index >= 15 is 0 Å². The summed E-state index contributed by atoms with van der Waals surface area (Å²) < 4.78 is 0. The summed E-state index contributed by atoms with van der Waals surface area (Å²) in [6.45, 7) is 0. The van der Waals surface area contributed by atoms with Crippen LogP contribution in [-0.4, -0.2) is 10.2 Å². The van der Waals surface area contributed by atoms with Crippen molar-refractivity contribution in [3.63, 3.8) is 0 Å². The van der Waals surface area contributed by atoms with Gasteiger partial charge in [-0.3, -0.25) is 0 Å². The topological polar surface area (TPSA) is 51.8 Å². The third-order valence-electron chi connectivity index (χ3n) is 1.84. The molecular formula is C7H8ClN3. The van der Waals surface area contributed by atoms with Crippen LogP contribution in [0.2, 0.25) is 5.15 Å². The normalized spacial score (nSPS) is 16.8. The molecule has 1 aromatic heterocycles. The van der Waals surface area contributed by atoms with E-state index in [1.165, 1.54) is 12.8 Å². The van der Waals surface area contributed by atoms with Crippen molar-refractivity contribution in [2.75, 3.05) is 5.73 Å². The van der Waals surface area contributed by atoms with Gasteiger partial charge < -0.3 is 5.73 Å². The van der Waals surface area contributed by atoms with E-state index in [2.05, 4.69) is 10.2 Å². The van der Waals surface area contributed by atoms with Crippen molar-refractivity contribution < 1.29 is 0 Å². The van der Waals surface area contributed by atoms with Crippen LogP contribution in [0.1, 0.15) is 24.3 Å². The number of hydrogen-bond acceptors (Lipinski definition) is 3. The van der Waals surface area contributed by atoms with Crippen molar-refractivity contribution in [2.24, 2.45) is 0 Å². The van der Waals surface area contributed by atoms with E-state index in [0.717, 1.165) is 5.56 Å². The summed E-state index contributed by atoms with van der Waals surface area (Å²) in [5.41, 5.74) is 6.66. The third-order valence-corrected chi connectivity index (χ3v) is 2.03. The molecule has 1 fully saturated rings. The summed E-state index contributed by atoms with van der Waals surface area (Å²) in [4.78, 5) is 0. The van der Waals surface area contributed by atoms with Crippen LogP contribution in [0.4, 0.5) is 5.82 Å². The van der Waals surface area contributed by atoms with E-state index in [-0.39, 0.29) is 0 Å². The average molecular weight is 170 g/mol. The fraction of sp³-hybridized carbons (Fsp3) is 0.429. The summed E-state index contributed by atoms with van der Waals surface area (Å²) in [5, 5.41) is 7.81. The number of rotatable bonds is 1. The molecule has 0 aromatic carbocycles. The van der Waals surface area contributed by atoms with Gasteiger partial charge in [-0.15, -0.1) is 10.2 Å². The van der Waals surface area contributed by atoms with Gasteiger partial charge in [-0.1, -0.05) is 11.6 Å². The van der Waals surface area contributed by atoms with Crippen LogP contribution < -0.4 is 5.73 Å². The highest BCUT2D eigenvalue weighted by molar-refractivity contribution is 6.29. The molecule has 11 heavy (non-hydrogen) atoms. The van der Waals surface area contributed by atoms with Gasteiger partial charge in [0.05, 0.1) is 0 Å². The summed E-state index contributed by atoms with van der Waals surface area (Å²) in [7, 11) is 0. The molecule has 4 heteroatoms. The number of halogens is 1. The molecule has 0 saturated heterocycles. The largest absolute Gasteiger partial charge is 0.382 e. The zero-order valence-corrected chi connectivity index (χ0v) is 6.67. The van der Waals surface area contributed by atoms with Crippen molar-refractivity contribution >= 4 is 17.4 Å². The van der Waals surface area contributed by atoms with E-state index in [0.29, 0.717) is 16.9 Å². The molecule has 2 rings (SSSR count). The van der Waals surface area contributed by atoms with Crippen LogP contribution in [-0.2, 0) is 0 Å². The first-order valence-electron chi connectivity index (χ1n) is 3.56. The van der Waals surface area contributed by atoms with Gasteiger partial charge in [-0.25, -0.2) is 0 Å². The highest BCUT2D eigenvalue weighted by Gasteiger charge is 2.26. The first-order chi connectivity index (χ1) is 5.27. The molecule has 1 saturated carbocycles. The van der Waals surface area contributed by atoms with Crippen LogP contribution in [0.3, 0.4) is 0 Å². The Morgan fingerprint density at radius 3 is 2.82 bits per heavy atom. The molecule has 2 N–H and O–H groups in total. The number of nitrogens with zero attached hydrogens (tertiary/aromatic N) is 2. The second-order valence-corrected chi connectivity index (χ2v) is 3.17. The molecule has 1 aliphatic rings. The van der Waals surface area contributed by atoms with Crippen LogP contribution in [0.15, 0.2) is 6.07 Å². The van der Waals surface area contributed by atoms with Crippen LogP contribution in [0.5, 0.6) is 0 Å². The summed E-state index contributed by atoms with van der Waals surface area (Å²) in [6, 6.07) is 1.81. The Labute approximate surface area is 69.6 Å². The highest BCUT2D eigenvalue weighted by Crippen LogP contribution is 2.42. The predicted octanol–water partition coefficient (Wildman–Crippen LogP) is 1.59. The molecule has 0 bridgehead atoms. The van der Waals surface area contributed by atoms with Gasteiger partial charge in [0, 0.05) is 5.56 Å². The fourth-order valence-corrected chi connectivity index (χ4v) is 1.27. The minimum atomic E-state index is 0.432. The first kappa shape index (κ1) is 6.85. The van der Waals surface area contributed by atoms with Crippen LogP contribution in [0, 0.1) is 0 Å². The Bertz CT molecular complexity index is 283. The standard InChI is InChI=1S/C7H8ClN3/c8-6-3-5(4-1-2-4)7(9)11-10-6/h3-4H,1-2H2,(H2,9,11). The Hall–Kier alpha value is -0.830. The minimum Gasteiger partial charge on any atom is -0.382 e. The summed E-state index contributed by atoms with van der Waals surface area (Å²) in [6.07, 6.45) is 2.40. The Morgan fingerprint density at radius 2 is 2.18 bits per heavy atom. The molecule has 0 radical (unpaired) electrons. The summed E-state index contributed by atoms with van der Waals surface area (Å²) >= 11 is 5.66. The number of nitrogens with two attached hydrogens (primary N) is 1. The van der Waals surface area contributed by atoms with Crippen molar-refractivity contribution in [3.8, 4) is 0 Å². The molecule has 0 aliphatic heterocycles. The van der Waals surface area contributed by atoms with Gasteiger partial charge in [-0.05, 0) is 24.8 Å². The number of aromatic nitrogens is 2. The molecule has 0 unspecified atom stereocenters. The van der Waals surface area contributed by atoms with E-state index in [9.17, 15) is 0 Å². The molecular weight excluding hydrogens is 162 g/mol. The molecule has 1 heterocycles. The SMILES string of the molecule is Nc1nnc(Cl)cc1C1CC1. The smallest absolute Gasteiger partial charge is 0.152 e. The molecule has 1 aromatic rings. The maximum absolute atomic E-state index is 5.66. The predicted molar refractivity (Wildman–Crippen MR) is 43.4 cm³/mol.